The van der Waals surface area contributed by atoms with E-state index < -0.39 is 0 Å². The van der Waals surface area contributed by atoms with Crippen LogP contribution in [0.15, 0.2) is 123 Å². The molecule has 510 valence electrons. The maximum Gasteiger partial charge on any atom is 0.0725 e. The highest BCUT2D eigenvalue weighted by Gasteiger charge is 1.93. The molecule has 0 heterocycles. The summed E-state index contributed by atoms with van der Waals surface area (Å²) in [6.45, 7) is 77.9. The minimum absolute atomic E-state index is 0.218. The van der Waals surface area contributed by atoms with Gasteiger partial charge in [0.2, 0.25) is 0 Å². The smallest absolute Gasteiger partial charge is 0.0725 e. The highest BCUT2D eigenvalue weighted by molar-refractivity contribution is 4.93. The average molecular weight is 1210 g/mol. The third kappa shape index (κ3) is 173. The van der Waals surface area contributed by atoms with Gasteiger partial charge in [-0.05, 0) is 133 Å². The van der Waals surface area contributed by atoms with E-state index >= 15 is 0 Å². The summed E-state index contributed by atoms with van der Waals surface area (Å²) in [4.78, 5) is 0. The van der Waals surface area contributed by atoms with Crippen molar-refractivity contribution in [1.29, 1.82) is 0 Å². The zero-order chi connectivity index (χ0) is 66.9. The van der Waals surface area contributed by atoms with E-state index in [9.17, 15) is 0 Å². The van der Waals surface area contributed by atoms with Crippen molar-refractivity contribution in [3.05, 3.63) is 123 Å². The van der Waals surface area contributed by atoms with E-state index in [1.807, 2.05) is 71.9 Å². The van der Waals surface area contributed by atoms with Gasteiger partial charge in [0.15, 0.2) is 0 Å². The SMILES string of the molecule is C/C=C/COCCC.C/C=C/COCCCC.C=C(C)COCCC.C=C(C)COCCCC.C=CC(C)OCCC.C=CC(C)OCCCC.C=CCOCCC.C=CCOCCCC.CCCCOCC=C(C)C.CCCOCC=C(C)C. The summed E-state index contributed by atoms with van der Waals surface area (Å²) in [5.74, 6) is 0. The van der Waals surface area contributed by atoms with Gasteiger partial charge in [-0.1, -0.05) is 198 Å². The van der Waals surface area contributed by atoms with Gasteiger partial charge in [0.25, 0.3) is 0 Å². The molecule has 0 fully saturated rings. The largest absolute Gasteiger partial charge is 0.377 e. The van der Waals surface area contributed by atoms with Crippen LogP contribution in [0.4, 0.5) is 0 Å². The molecule has 10 nitrogen and oxygen atoms in total. The summed E-state index contributed by atoms with van der Waals surface area (Å²) >= 11 is 0. The molecule has 10 heteroatoms. The second-order valence-electron chi connectivity index (χ2n) is 20.1. The summed E-state index contributed by atoms with van der Waals surface area (Å²) in [6.07, 6.45) is 37.2. The first kappa shape index (κ1) is 104. The summed E-state index contributed by atoms with van der Waals surface area (Å²) in [5, 5.41) is 0. The molecule has 0 aliphatic carbocycles. The maximum absolute atomic E-state index is 5.31. The lowest BCUT2D eigenvalue weighted by Gasteiger charge is -2.05. The average Bonchev–Trinajstić information content (AvgIpc) is 3.48. The zero-order valence-electron chi connectivity index (χ0n) is 60.6. The van der Waals surface area contributed by atoms with Crippen molar-refractivity contribution in [3.63, 3.8) is 0 Å². The van der Waals surface area contributed by atoms with E-state index in [1.54, 1.807) is 18.2 Å². The van der Waals surface area contributed by atoms with Crippen molar-refractivity contribution in [3.8, 4) is 0 Å². The van der Waals surface area contributed by atoms with Gasteiger partial charge < -0.3 is 47.4 Å². The van der Waals surface area contributed by atoms with Gasteiger partial charge in [0.1, 0.15) is 0 Å². The van der Waals surface area contributed by atoms with Gasteiger partial charge in [-0.3, -0.25) is 0 Å². The van der Waals surface area contributed by atoms with E-state index in [4.69, 9.17) is 47.4 Å². The Morgan fingerprint density at radius 3 is 0.882 bits per heavy atom. The molecule has 0 aliphatic heterocycles. The Morgan fingerprint density at radius 2 is 0.588 bits per heavy atom. The fourth-order valence-corrected chi connectivity index (χ4v) is 4.36. The van der Waals surface area contributed by atoms with Crippen molar-refractivity contribution in [2.75, 3.05) is 119 Å². The molecule has 0 saturated heterocycles. The minimum Gasteiger partial charge on any atom is -0.377 e. The molecule has 85 heavy (non-hydrogen) atoms. The second-order valence-corrected chi connectivity index (χ2v) is 20.1. The molecule has 0 radical (unpaired) electrons. The van der Waals surface area contributed by atoms with E-state index in [0.29, 0.717) is 19.8 Å². The predicted octanol–water partition coefficient (Wildman–Crippen LogP) is 21.8. The molecule has 0 aromatic heterocycles. The number of hydrogen-bond acceptors (Lipinski definition) is 10. The lowest BCUT2D eigenvalue weighted by Crippen LogP contribution is -2.04. The molecule has 0 saturated carbocycles. The molecular weight excluding hydrogens is 1060 g/mol. The Kier molecular flexibility index (Phi) is 137. The van der Waals surface area contributed by atoms with Crippen molar-refractivity contribution < 1.29 is 47.4 Å². The third-order valence-corrected chi connectivity index (χ3v) is 9.38. The molecular formula is C75H150O10. The molecule has 0 spiro atoms. The van der Waals surface area contributed by atoms with Crippen LogP contribution in [0, 0.1) is 0 Å². The van der Waals surface area contributed by atoms with Gasteiger partial charge in [-0.2, -0.15) is 0 Å². The van der Waals surface area contributed by atoms with Gasteiger partial charge in [0.05, 0.1) is 65.1 Å². The standard InChI is InChI=1S/C9H18O.4C8H16O.4C7H14O.C6H12O/c1-4-5-7-10-8-6-9(2)3;1-4-6-9-7-5-8(2)3;1-4-5-6-9-7-8(2)3;1-4-6-7-9-8(3)5-2;1-3-5-7-9-8-6-4-2;1-4-5-8-6-7(2)3;1-4-6-8-7(3)5-2;2*1-3-5-7-8-6-4-2;1-3-5-7-6-4-2/h6H,4-5,7-8H2,1-3H3;5H,4,6-7H2,1-3H3;2,4-7H2,1,3H3;5,8H,2,4,6-7H2,1,3H3;3,5H,4,6-8H2,1-2H3;2,4-6H2,1,3H3;5,7H,2,4,6H2,1,3H3;3,5H,4,6-7H2,1-2H3;4H,2-3,5-7H2,1H3;3H,1,4-6H2,2H3/b;;;;5-3+;;;5-3+;;. The van der Waals surface area contributed by atoms with E-state index in [1.165, 1.54) is 56.1 Å². The highest BCUT2D eigenvalue weighted by Crippen LogP contribution is 1.96. The Balaban J connectivity index is -0.0000000920. The summed E-state index contributed by atoms with van der Waals surface area (Å²) in [5.41, 5.74) is 4.85. The van der Waals surface area contributed by atoms with Crippen LogP contribution in [-0.4, -0.2) is 131 Å². The van der Waals surface area contributed by atoms with Crippen molar-refractivity contribution in [2.45, 2.75) is 247 Å². The normalized spacial score (nSPS) is 10.4. The quantitative estimate of drug-likeness (QED) is 0.0434. The Morgan fingerprint density at radius 1 is 0.329 bits per heavy atom. The van der Waals surface area contributed by atoms with Crippen LogP contribution >= 0.6 is 0 Å². The summed E-state index contributed by atoms with van der Waals surface area (Å²) in [7, 11) is 0. The van der Waals surface area contributed by atoms with E-state index in [-0.39, 0.29) is 12.2 Å². The van der Waals surface area contributed by atoms with Crippen LogP contribution in [0.25, 0.3) is 0 Å². The number of ether oxygens (including phenoxy) is 10. The van der Waals surface area contributed by atoms with Crippen LogP contribution < -0.4 is 0 Å². The number of unbranched alkanes of at least 4 members (excludes halogenated alkanes) is 5. The third-order valence-electron chi connectivity index (χ3n) is 9.38. The molecule has 0 amide bonds. The van der Waals surface area contributed by atoms with Crippen LogP contribution in [0.2, 0.25) is 0 Å². The Labute approximate surface area is 533 Å². The topological polar surface area (TPSA) is 92.3 Å². The monoisotopic (exact) mass is 1210 g/mol. The zero-order valence-corrected chi connectivity index (χ0v) is 60.6. The van der Waals surface area contributed by atoms with E-state index in [0.717, 1.165) is 162 Å². The van der Waals surface area contributed by atoms with Gasteiger partial charge in [0, 0.05) is 66.1 Å². The fourth-order valence-electron chi connectivity index (χ4n) is 4.36. The van der Waals surface area contributed by atoms with Gasteiger partial charge in [-0.25, -0.2) is 0 Å². The number of hydrogen-bond donors (Lipinski definition) is 0. The molecule has 0 N–H and O–H groups in total. The van der Waals surface area contributed by atoms with Crippen molar-refractivity contribution >= 4 is 0 Å². The maximum atomic E-state index is 5.31. The Bertz CT molecular complexity index is 1310. The van der Waals surface area contributed by atoms with Gasteiger partial charge in [-0.15, -0.1) is 26.3 Å². The van der Waals surface area contributed by atoms with Crippen LogP contribution in [0.5, 0.6) is 0 Å². The molecule has 0 aromatic rings. The van der Waals surface area contributed by atoms with Gasteiger partial charge >= 0.3 is 0 Å². The first-order valence-corrected chi connectivity index (χ1v) is 33.0. The molecule has 0 rings (SSSR count). The molecule has 0 aliphatic rings. The van der Waals surface area contributed by atoms with Crippen LogP contribution in [-0.2, 0) is 47.4 Å². The van der Waals surface area contributed by atoms with Crippen LogP contribution in [0.3, 0.4) is 0 Å². The Hall–Kier alpha value is -3.00. The minimum atomic E-state index is 0.218. The molecule has 0 aromatic carbocycles. The lowest BCUT2D eigenvalue weighted by atomic mass is 10.3. The lowest BCUT2D eigenvalue weighted by molar-refractivity contribution is 0.0952. The first-order valence-electron chi connectivity index (χ1n) is 33.0. The molecule has 2 unspecified atom stereocenters. The summed E-state index contributed by atoms with van der Waals surface area (Å²) in [6, 6.07) is 0. The van der Waals surface area contributed by atoms with Crippen molar-refractivity contribution in [2.24, 2.45) is 0 Å². The van der Waals surface area contributed by atoms with Crippen molar-refractivity contribution in [1.82, 2.24) is 0 Å². The second kappa shape index (κ2) is 112. The molecule has 2 atom stereocenters. The highest BCUT2D eigenvalue weighted by atomic mass is 16.5. The van der Waals surface area contributed by atoms with E-state index in [2.05, 4.69) is 149 Å². The fraction of sp³-hybridized carbons (Fsp3) is 0.733. The number of rotatable bonds is 45. The molecule has 0 bridgehead atoms. The first-order chi connectivity index (χ1) is 40.9. The predicted molar refractivity (Wildman–Crippen MR) is 382 cm³/mol. The summed E-state index contributed by atoms with van der Waals surface area (Å²) < 4.78 is 51.9. The van der Waals surface area contributed by atoms with Crippen LogP contribution in [0.1, 0.15) is 235 Å². The number of allylic oxidation sites excluding steroid dienone is 4.